The molecule has 0 bridgehead atoms. The van der Waals surface area contributed by atoms with E-state index >= 15 is 0 Å². The van der Waals surface area contributed by atoms with Gasteiger partial charge in [-0.15, -0.1) is 0 Å². The topological polar surface area (TPSA) is 46.5 Å². The van der Waals surface area contributed by atoms with Gasteiger partial charge in [0.15, 0.2) is 0 Å². The lowest BCUT2D eigenvalue weighted by molar-refractivity contribution is -0.136. The lowest BCUT2D eigenvalue weighted by atomic mass is 9.79. The minimum atomic E-state index is -0.327. The maximum absolute atomic E-state index is 11.3. The number of hydrogen-bond donors (Lipinski definition) is 1. The number of carbonyl (C=O) groups is 1. The van der Waals surface area contributed by atoms with Crippen molar-refractivity contribution in [2.45, 2.75) is 25.7 Å². The molecule has 1 aromatic rings. The number of fused-ring (bicyclic) bond motifs is 1. The fourth-order valence-electron chi connectivity index (χ4n) is 1.77. The van der Waals surface area contributed by atoms with Crippen LogP contribution in [0.1, 0.15) is 25.8 Å². The van der Waals surface area contributed by atoms with Crippen molar-refractivity contribution >= 4 is 17.6 Å². The van der Waals surface area contributed by atoms with Crippen molar-refractivity contribution in [2.24, 2.45) is 0 Å². The van der Waals surface area contributed by atoms with Crippen LogP contribution >= 0.6 is 11.6 Å². The first-order valence-corrected chi connectivity index (χ1v) is 5.01. The maximum atomic E-state index is 11.3. The van der Waals surface area contributed by atoms with Crippen LogP contribution in [-0.2, 0) is 10.2 Å². The quantitative estimate of drug-likeness (QED) is 0.547. The van der Waals surface area contributed by atoms with E-state index in [1.54, 1.807) is 6.07 Å². The highest BCUT2D eigenvalue weighted by molar-refractivity contribution is 6.32. The molecule has 0 fully saturated rings. The molecule has 0 aliphatic carbocycles. The number of halogens is 1. The van der Waals surface area contributed by atoms with Crippen LogP contribution in [0.4, 0.5) is 0 Å². The first kappa shape index (κ1) is 10.3. The maximum Gasteiger partial charge on any atom is 0.312 e. The molecule has 0 radical (unpaired) electrons. The van der Waals surface area contributed by atoms with Gasteiger partial charge in [0, 0.05) is 17.0 Å². The SMILES string of the molecule is CC1(C)CC(=O)Oc2cc(Cl)c(O)cc21. The first-order chi connectivity index (χ1) is 6.90. The van der Waals surface area contributed by atoms with Crippen LogP contribution < -0.4 is 4.74 Å². The number of carbonyl (C=O) groups excluding carboxylic acids is 1. The van der Waals surface area contributed by atoms with Gasteiger partial charge in [0.1, 0.15) is 11.5 Å². The molecule has 0 amide bonds. The lowest BCUT2D eigenvalue weighted by Gasteiger charge is -2.30. The highest BCUT2D eigenvalue weighted by Gasteiger charge is 2.34. The number of rotatable bonds is 0. The van der Waals surface area contributed by atoms with Crippen molar-refractivity contribution in [3.63, 3.8) is 0 Å². The fraction of sp³-hybridized carbons (Fsp3) is 0.364. The van der Waals surface area contributed by atoms with Gasteiger partial charge < -0.3 is 9.84 Å². The predicted octanol–water partition coefficient (Wildman–Crippen LogP) is 2.63. The van der Waals surface area contributed by atoms with Crippen molar-refractivity contribution in [2.75, 3.05) is 0 Å². The monoisotopic (exact) mass is 226 g/mol. The Labute approximate surface area is 92.6 Å². The number of aromatic hydroxyl groups is 1. The smallest absolute Gasteiger partial charge is 0.312 e. The normalized spacial score (nSPS) is 18.2. The predicted molar refractivity (Wildman–Crippen MR) is 56.4 cm³/mol. The van der Waals surface area contributed by atoms with Crippen molar-refractivity contribution < 1.29 is 14.6 Å². The van der Waals surface area contributed by atoms with E-state index in [1.165, 1.54) is 6.07 Å². The number of benzene rings is 1. The fourth-order valence-corrected chi connectivity index (χ4v) is 1.93. The van der Waals surface area contributed by atoms with Gasteiger partial charge in [-0.05, 0) is 6.07 Å². The third-order valence-electron chi connectivity index (χ3n) is 2.59. The summed E-state index contributed by atoms with van der Waals surface area (Å²) in [5.74, 6) is 0.190. The van der Waals surface area contributed by atoms with Crippen molar-refractivity contribution in [1.82, 2.24) is 0 Å². The van der Waals surface area contributed by atoms with Crippen molar-refractivity contribution in [3.8, 4) is 11.5 Å². The molecule has 0 aromatic heterocycles. The molecule has 0 saturated heterocycles. The van der Waals surface area contributed by atoms with Gasteiger partial charge in [-0.3, -0.25) is 4.79 Å². The van der Waals surface area contributed by atoms with Gasteiger partial charge in [0.2, 0.25) is 0 Å². The Morgan fingerprint density at radius 2 is 2.13 bits per heavy atom. The minimum absolute atomic E-state index is 0.0152. The molecule has 2 rings (SSSR count). The molecule has 0 unspecified atom stereocenters. The molecular formula is C11H11ClO3. The third kappa shape index (κ3) is 1.67. The molecule has 1 aliphatic heterocycles. The molecule has 1 aliphatic rings. The zero-order chi connectivity index (χ0) is 11.2. The first-order valence-electron chi connectivity index (χ1n) is 4.64. The van der Waals surface area contributed by atoms with Crippen LogP contribution in [0.3, 0.4) is 0 Å². The van der Waals surface area contributed by atoms with Gasteiger partial charge >= 0.3 is 5.97 Å². The molecular weight excluding hydrogens is 216 g/mol. The summed E-state index contributed by atoms with van der Waals surface area (Å²) in [6, 6.07) is 3.04. The average Bonchev–Trinajstić information content (AvgIpc) is 2.07. The number of phenolic OH excluding ortho intramolecular Hbond substituents is 1. The van der Waals surface area contributed by atoms with Gasteiger partial charge in [0.25, 0.3) is 0 Å². The lowest BCUT2D eigenvalue weighted by Crippen LogP contribution is -2.30. The van der Waals surface area contributed by atoms with E-state index in [9.17, 15) is 9.90 Å². The summed E-state index contributed by atoms with van der Waals surface area (Å²) in [5, 5.41) is 9.69. The Kier molecular flexibility index (Phi) is 2.15. The summed E-state index contributed by atoms with van der Waals surface area (Å²) < 4.78 is 5.07. The van der Waals surface area contributed by atoms with E-state index in [-0.39, 0.29) is 22.2 Å². The van der Waals surface area contributed by atoms with Crippen LogP contribution in [-0.4, -0.2) is 11.1 Å². The minimum Gasteiger partial charge on any atom is -0.506 e. The second-order valence-electron chi connectivity index (χ2n) is 4.33. The molecule has 1 aromatic carbocycles. The molecule has 0 saturated carbocycles. The van der Waals surface area contributed by atoms with Crippen LogP contribution in [0.25, 0.3) is 0 Å². The molecule has 4 heteroatoms. The number of hydrogen-bond acceptors (Lipinski definition) is 3. The largest absolute Gasteiger partial charge is 0.506 e. The van der Waals surface area contributed by atoms with E-state index in [4.69, 9.17) is 16.3 Å². The Balaban J connectivity index is 2.62. The standard InChI is InChI=1S/C11H11ClO3/c1-11(2)5-10(14)15-9-4-7(12)8(13)3-6(9)11/h3-4,13H,5H2,1-2H3. The number of ether oxygens (including phenoxy) is 1. The molecule has 0 spiro atoms. The number of phenols is 1. The van der Waals surface area contributed by atoms with Gasteiger partial charge in [-0.25, -0.2) is 0 Å². The third-order valence-corrected chi connectivity index (χ3v) is 2.89. The molecule has 15 heavy (non-hydrogen) atoms. The second kappa shape index (κ2) is 3.14. The highest BCUT2D eigenvalue weighted by Crippen LogP contribution is 2.43. The summed E-state index contributed by atoms with van der Waals surface area (Å²) in [6.45, 7) is 3.86. The van der Waals surface area contributed by atoms with E-state index < -0.39 is 0 Å². The second-order valence-corrected chi connectivity index (χ2v) is 4.74. The number of esters is 1. The van der Waals surface area contributed by atoms with E-state index in [0.717, 1.165) is 5.56 Å². The Bertz CT molecular complexity index is 438. The zero-order valence-electron chi connectivity index (χ0n) is 8.50. The van der Waals surface area contributed by atoms with Gasteiger partial charge in [-0.1, -0.05) is 25.4 Å². The van der Waals surface area contributed by atoms with Crippen LogP contribution in [0.15, 0.2) is 12.1 Å². The van der Waals surface area contributed by atoms with Crippen LogP contribution in [0.5, 0.6) is 11.5 Å². The summed E-state index contributed by atoms with van der Waals surface area (Å²) in [6.07, 6.45) is 0.307. The summed E-state index contributed by atoms with van der Waals surface area (Å²) >= 11 is 5.75. The van der Waals surface area contributed by atoms with Crippen molar-refractivity contribution in [3.05, 3.63) is 22.7 Å². The van der Waals surface area contributed by atoms with E-state index in [2.05, 4.69) is 0 Å². The van der Waals surface area contributed by atoms with E-state index in [1.807, 2.05) is 13.8 Å². The molecule has 1 heterocycles. The average molecular weight is 227 g/mol. The molecule has 80 valence electrons. The van der Waals surface area contributed by atoms with Crippen LogP contribution in [0.2, 0.25) is 5.02 Å². The zero-order valence-corrected chi connectivity index (χ0v) is 9.26. The molecule has 1 N–H and O–H groups in total. The Morgan fingerprint density at radius 1 is 1.47 bits per heavy atom. The van der Waals surface area contributed by atoms with Gasteiger partial charge in [0.05, 0.1) is 11.4 Å². The van der Waals surface area contributed by atoms with E-state index in [0.29, 0.717) is 12.2 Å². The Morgan fingerprint density at radius 3 is 2.80 bits per heavy atom. The Hall–Kier alpha value is -1.22. The van der Waals surface area contributed by atoms with Crippen LogP contribution in [0, 0.1) is 0 Å². The van der Waals surface area contributed by atoms with Crippen molar-refractivity contribution in [1.29, 1.82) is 0 Å². The van der Waals surface area contributed by atoms with Gasteiger partial charge in [-0.2, -0.15) is 0 Å². The molecule has 0 atom stereocenters. The molecule has 3 nitrogen and oxygen atoms in total. The summed E-state index contributed by atoms with van der Waals surface area (Å²) in [5.41, 5.74) is 0.483. The highest BCUT2D eigenvalue weighted by atomic mass is 35.5. The summed E-state index contributed by atoms with van der Waals surface area (Å²) in [7, 11) is 0. The summed E-state index contributed by atoms with van der Waals surface area (Å²) in [4.78, 5) is 11.3.